The number of pyridine rings is 1. The van der Waals surface area contributed by atoms with E-state index in [-0.39, 0.29) is 4.88 Å². The van der Waals surface area contributed by atoms with Crippen LogP contribution in [-0.4, -0.2) is 22.7 Å². The Morgan fingerprint density at radius 3 is 2.83 bits per heavy atom. The topological polar surface area (TPSA) is 59.4 Å². The Balaban J connectivity index is 1.96. The molecule has 0 aliphatic carbocycles. The number of carboxylic acid groups (broad SMARTS) is 1. The minimum Gasteiger partial charge on any atom is -0.491 e. The summed E-state index contributed by atoms with van der Waals surface area (Å²) in [5.74, 6) is -0.480. The summed E-state index contributed by atoms with van der Waals surface area (Å²) in [5.41, 5.74) is 1.12. The van der Waals surface area contributed by atoms with E-state index in [4.69, 9.17) is 9.84 Å². The average molecular weight is 263 g/mol. The van der Waals surface area contributed by atoms with Crippen molar-refractivity contribution in [3.05, 3.63) is 45.9 Å². The largest absolute Gasteiger partial charge is 0.491 e. The number of carboxylic acids is 1. The van der Waals surface area contributed by atoms with E-state index >= 15 is 0 Å². The van der Waals surface area contributed by atoms with Crippen LogP contribution in [0.25, 0.3) is 0 Å². The van der Waals surface area contributed by atoms with E-state index in [0.717, 1.165) is 16.9 Å². The maximum absolute atomic E-state index is 11.0. The molecule has 0 unspecified atom stereocenters. The highest BCUT2D eigenvalue weighted by Crippen LogP contribution is 2.28. The monoisotopic (exact) mass is 263 g/mol. The van der Waals surface area contributed by atoms with Gasteiger partial charge in [0, 0.05) is 23.7 Å². The van der Waals surface area contributed by atoms with E-state index in [9.17, 15) is 4.79 Å². The van der Waals surface area contributed by atoms with Crippen molar-refractivity contribution in [3.63, 3.8) is 0 Å². The van der Waals surface area contributed by atoms with Crippen molar-refractivity contribution in [3.8, 4) is 5.75 Å². The van der Waals surface area contributed by atoms with Gasteiger partial charge in [-0.15, -0.1) is 11.3 Å². The molecule has 2 rings (SSSR count). The number of hydrogen-bond donors (Lipinski definition) is 1. The lowest BCUT2D eigenvalue weighted by Gasteiger charge is -2.05. The van der Waals surface area contributed by atoms with Crippen LogP contribution in [-0.2, 0) is 6.42 Å². The van der Waals surface area contributed by atoms with E-state index in [1.165, 1.54) is 11.3 Å². The highest BCUT2D eigenvalue weighted by atomic mass is 32.1. The minimum atomic E-state index is -0.938. The molecule has 0 radical (unpaired) electrons. The van der Waals surface area contributed by atoms with Gasteiger partial charge in [-0.05, 0) is 30.7 Å². The van der Waals surface area contributed by atoms with E-state index in [0.29, 0.717) is 12.4 Å². The summed E-state index contributed by atoms with van der Waals surface area (Å²) in [5, 5.41) is 9.02. The van der Waals surface area contributed by atoms with Crippen molar-refractivity contribution < 1.29 is 14.6 Å². The summed E-state index contributed by atoms with van der Waals surface area (Å²) in [6.45, 7) is 2.33. The summed E-state index contributed by atoms with van der Waals surface area (Å²) < 4.78 is 5.53. The second kappa shape index (κ2) is 5.64. The molecule has 4 nitrogen and oxygen atoms in total. The number of aryl methyl sites for hydroxylation is 1. The number of ether oxygens (including phenoxy) is 1. The van der Waals surface area contributed by atoms with Crippen LogP contribution in [0.3, 0.4) is 0 Å². The average Bonchev–Trinajstić information content (AvgIpc) is 2.72. The van der Waals surface area contributed by atoms with Gasteiger partial charge in [0.25, 0.3) is 0 Å². The first-order valence-electron chi connectivity index (χ1n) is 5.52. The van der Waals surface area contributed by atoms with Crippen molar-refractivity contribution in [1.82, 2.24) is 4.98 Å². The molecule has 0 aromatic carbocycles. The zero-order chi connectivity index (χ0) is 13.0. The smallest absolute Gasteiger partial charge is 0.349 e. The van der Waals surface area contributed by atoms with Crippen LogP contribution in [0.1, 0.15) is 20.1 Å². The second-order valence-corrected chi connectivity index (χ2v) is 5.07. The third kappa shape index (κ3) is 3.07. The van der Waals surface area contributed by atoms with Gasteiger partial charge in [-0.3, -0.25) is 4.98 Å². The molecule has 0 saturated heterocycles. The fraction of sp³-hybridized carbons (Fsp3) is 0.231. The molecule has 18 heavy (non-hydrogen) atoms. The van der Waals surface area contributed by atoms with Crippen molar-refractivity contribution in [2.75, 3.05) is 6.61 Å². The van der Waals surface area contributed by atoms with Crippen molar-refractivity contribution in [2.45, 2.75) is 13.3 Å². The van der Waals surface area contributed by atoms with E-state index < -0.39 is 5.97 Å². The van der Waals surface area contributed by atoms with Crippen molar-refractivity contribution in [2.24, 2.45) is 0 Å². The lowest BCUT2D eigenvalue weighted by Crippen LogP contribution is -2.04. The third-order valence-corrected chi connectivity index (χ3v) is 3.43. The third-order valence-electron chi connectivity index (χ3n) is 2.41. The number of carbonyl (C=O) groups is 1. The van der Waals surface area contributed by atoms with Crippen LogP contribution < -0.4 is 4.74 Å². The zero-order valence-corrected chi connectivity index (χ0v) is 10.7. The Morgan fingerprint density at radius 2 is 2.17 bits per heavy atom. The SMILES string of the molecule is Cc1cc(OCCc2ccncc2)c(C(=O)O)s1. The molecule has 94 valence electrons. The molecule has 0 aliphatic heterocycles. The van der Waals surface area contributed by atoms with E-state index in [1.54, 1.807) is 18.5 Å². The summed E-state index contributed by atoms with van der Waals surface area (Å²) in [6.07, 6.45) is 4.19. The summed E-state index contributed by atoms with van der Waals surface area (Å²) >= 11 is 1.23. The molecule has 1 N–H and O–H groups in total. The standard InChI is InChI=1S/C13H13NO3S/c1-9-8-11(12(18-9)13(15)16)17-7-4-10-2-5-14-6-3-10/h2-3,5-6,8H,4,7H2,1H3,(H,15,16). The molecule has 0 saturated carbocycles. The quantitative estimate of drug-likeness (QED) is 0.901. The van der Waals surface area contributed by atoms with Gasteiger partial charge in [-0.1, -0.05) is 0 Å². The Bertz CT molecular complexity index is 536. The van der Waals surface area contributed by atoms with Gasteiger partial charge in [0.05, 0.1) is 6.61 Å². The fourth-order valence-corrected chi connectivity index (χ4v) is 2.37. The number of thiophene rings is 1. The molecule has 0 spiro atoms. The first kappa shape index (κ1) is 12.6. The predicted octanol–water partition coefficient (Wildman–Crippen LogP) is 2.77. The van der Waals surface area contributed by atoms with Crippen LogP contribution >= 0.6 is 11.3 Å². The predicted molar refractivity (Wildman–Crippen MR) is 69.5 cm³/mol. The molecular formula is C13H13NO3S. The maximum atomic E-state index is 11.0. The summed E-state index contributed by atoms with van der Waals surface area (Å²) in [4.78, 5) is 16.1. The van der Waals surface area contributed by atoms with Crippen LogP contribution in [0, 0.1) is 6.92 Å². The molecule has 5 heteroatoms. The molecule has 2 heterocycles. The number of hydrogen-bond acceptors (Lipinski definition) is 4. The van der Waals surface area contributed by atoms with Gasteiger partial charge in [0.2, 0.25) is 0 Å². The van der Waals surface area contributed by atoms with Crippen molar-refractivity contribution in [1.29, 1.82) is 0 Å². The van der Waals surface area contributed by atoms with Crippen LogP contribution in [0.4, 0.5) is 0 Å². The minimum absolute atomic E-state index is 0.266. The van der Waals surface area contributed by atoms with Gasteiger partial charge in [0.1, 0.15) is 5.75 Å². The van der Waals surface area contributed by atoms with Gasteiger partial charge in [0.15, 0.2) is 4.88 Å². The Labute approximate surface area is 109 Å². The van der Waals surface area contributed by atoms with E-state index in [2.05, 4.69) is 4.98 Å². The molecule has 0 bridgehead atoms. The number of nitrogens with zero attached hydrogens (tertiary/aromatic N) is 1. The fourth-order valence-electron chi connectivity index (χ4n) is 1.58. The van der Waals surface area contributed by atoms with Crippen LogP contribution in [0.5, 0.6) is 5.75 Å². The van der Waals surface area contributed by atoms with Crippen LogP contribution in [0.15, 0.2) is 30.6 Å². The molecule has 2 aromatic heterocycles. The molecule has 0 atom stereocenters. The molecule has 2 aromatic rings. The van der Waals surface area contributed by atoms with Crippen LogP contribution in [0.2, 0.25) is 0 Å². The zero-order valence-electron chi connectivity index (χ0n) is 9.92. The van der Waals surface area contributed by atoms with Gasteiger partial charge in [-0.2, -0.15) is 0 Å². The van der Waals surface area contributed by atoms with Gasteiger partial charge in [-0.25, -0.2) is 4.79 Å². The Morgan fingerprint density at radius 1 is 1.44 bits per heavy atom. The van der Waals surface area contributed by atoms with E-state index in [1.807, 2.05) is 19.1 Å². The number of aromatic carboxylic acids is 1. The normalized spacial score (nSPS) is 10.3. The maximum Gasteiger partial charge on any atom is 0.349 e. The van der Waals surface area contributed by atoms with Gasteiger partial charge >= 0.3 is 5.97 Å². The lowest BCUT2D eigenvalue weighted by molar-refractivity contribution is 0.0698. The summed E-state index contributed by atoms with van der Waals surface area (Å²) in [7, 11) is 0. The first-order chi connectivity index (χ1) is 8.66. The molecule has 0 fully saturated rings. The first-order valence-corrected chi connectivity index (χ1v) is 6.34. The number of aromatic nitrogens is 1. The Kier molecular flexibility index (Phi) is 3.94. The number of rotatable bonds is 5. The molecule has 0 amide bonds. The highest BCUT2D eigenvalue weighted by Gasteiger charge is 2.14. The lowest BCUT2D eigenvalue weighted by atomic mass is 10.2. The van der Waals surface area contributed by atoms with Gasteiger partial charge < -0.3 is 9.84 Å². The summed E-state index contributed by atoms with van der Waals surface area (Å²) in [6, 6.07) is 5.60. The van der Waals surface area contributed by atoms with Crippen molar-refractivity contribution >= 4 is 17.3 Å². The molecule has 0 aliphatic rings. The Hall–Kier alpha value is -1.88. The second-order valence-electron chi connectivity index (χ2n) is 3.81. The molecular weight excluding hydrogens is 250 g/mol. The highest BCUT2D eigenvalue weighted by molar-refractivity contribution is 7.14.